The van der Waals surface area contributed by atoms with E-state index in [1.807, 2.05) is 24.3 Å². The summed E-state index contributed by atoms with van der Waals surface area (Å²) in [6.07, 6.45) is 1.68. The van der Waals surface area contributed by atoms with E-state index in [0.717, 1.165) is 5.56 Å². The third kappa shape index (κ3) is 9.60. The average Bonchev–Trinajstić information content (AvgIpc) is 3.43. The van der Waals surface area contributed by atoms with Gasteiger partial charge in [0.1, 0.15) is 0 Å². The van der Waals surface area contributed by atoms with Gasteiger partial charge in [-0.05, 0) is 23.8 Å². The van der Waals surface area contributed by atoms with Crippen molar-refractivity contribution in [1.82, 2.24) is 4.90 Å². The molecule has 2 unspecified atom stereocenters. The Balaban J connectivity index is 1.45. The van der Waals surface area contributed by atoms with Gasteiger partial charge in [-0.2, -0.15) is 0 Å². The number of hydrogen-bond donors (Lipinski definition) is 1. The van der Waals surface area contributed by atoms with Crippen molar-refractivity contribution in [3.8, 4) is 11.5 Å². The van der Waals surface area contributed by atoms with Crippen LogP contribution in [0.3, 0.4) is 0 Å². The summed E-state index contributed by atoms with van der Waals surface area (Å²) in [6, 6.07) is 5.75. The number of carbonyl (C=O) groups excluding carboxylic acids is 1. The van der Waals surface area contributed by atoms with Crippen LogP contribution in [0, 0.1) is 0 Å². The number of nitrogens with zero attached hydrogens (tertiary/aromatic N) is 1. The van der Waals surface area contributed by atoms with Crippen molar-refractivity contribution in [2.45, 2.75) is 18.6 Å². The van der Waals surface area contributed by atoms with Crippen LogP contribution in [-0.4, -0.2) is 121 Å². The smallest absolute Gasteiger partial charge is 0.288 e. The number of carbonyl (C=O) groups is 1. The highest BCUT2D eigenvalue weighted by Crippen LogP contribution is 2.38. The van der Waals surface area contributed by atoms with Gasteiger partial charge in [-0.1, -0.05) is 6.07 Å². The molecule has 12 heteroatoms. The Morgan fingerprint density at radius 1 is 0.872 bits per heavy atom. The molecule has 0 bridgehead atoms. The van der Waals surface area contributed by atoms with Gasteiger partial charge >= 0.3 is 0 Å². The average molecular weight is 554 g/mol. The largest absolute Gasteiger partial charge is 0.459 e. The van der Waals surface area contributed by atoms with Crippen molar-refractivity contribution in [3.63, 3.8) is 0 Å². The first-order chi connectivity index (χ1) is 19.2. The molecule has 3 aliphatic rings. The second-order valence-electron chi connectivity index (χ2n) is 8.98. The molecule has 1 aromatic rings. The Kier molecular flexibility index (Phi) is 12.6. The quantitative estimate of drug-likeness (QED) is 0.465. The molecule has 2 atom stereocenters. The highest BCUT2D eigenvalue weighted by molar-refractivity contribution is 5.91. The molecule has 218 valence electrons. The molecule has 4 rings (SSSR count). The summed E-state index contributed by atoms with van der Waals surface area (Å²) in [5, 5.41) is 8.91. The summed E-state index contributed by atoms with van der Waals surface area (Å²) in [7, 11) is 0. The predicted octanol–water partition coefficient (Wildman–Crippen LogP) is 1.06. The minimum absolute atomic E-state index is 0.0587. The fraction of sp³-hybridized carbons (Fsp3) is 0.667. The van der Waals surface area contributed by atoms with E-state index in [1.54, 1.807) is 4.90 Å². The van der Waals surface area contributed by atoms with Gasteiger partial charge in [0.2, 0.25) is 13.1 Å². The number of hydrogen-bond acceptors (Lipinski definition) is 11. The van der Waals surface area contributed by atoms with Gasteiger partial charge < -0.3 is 52.6 Å². The Morgan fingerprint density at radius 2 is 1.54 bits per heavy atom. The van der Waals surface area contributed by atoms with Crippen molar-refractivity contribution in [2.24, 2.45) is 0 Å². The molecule has 1 N–H and O–H groups in total. The standard InChI is InChI=1S/C27H39NO11/c29-5-8-33-15-16-36-26-19-22(21-1-2-23-24(17-21)38-20-37-23)18-25(39-26)27(30)28-3-6-31-9-11-34-13-14-35-12-10-32-7-4-28/h1-2,17-18,22,26,29H,3-16,19-20H2. The van der Waals surface area contributed by atoms with Crippen LogP contribution >= 0.6 is 0 Å². The van der Waals surface area contributed by atoms with Crippen molar-refractivity contribution in [2.75, 3.05) is 99.2 Å². The summed E-state index contributed by atoms with van der Waals surface area (Å²) in [5.41, 5.74) is 0.960. The van der Waals surface area contributed by atoms with E-state index >= 15 is 0 Å². The van der Waals surface area contributed by atoms with Gasteiger partial charge in [0, 0.05) is 25.4 Å². The predicted molar refractivity (Wildman–Crippen MR) is 137 cm³/mol. The summed E-state index contributed by atoms with van der Waals surface area (Å²) in [4.78, 5) is 15.4. The summed E-state index contributed by atoms with van der Waals surface area (Å²) < 4.78 is 50.6. The normalized spacial score (nSPS) is 23.3. The monoisotopic (exact) mass is 553 g/mol. The number of rotatable bonds is 8. The number of aliphatic hydroxyl groups excluding tert-OH is 1. The molecule has 39 heavy (non-hydrogen) atoms. The maximum absolute atomic E-state index is 13.7. The summed E-state index contributed by atoms with van der Waals surface area (Å²) >= 11 is 0. The molecule has 0 aromatic heterocycles. The lowest BCUT2D eigenvalue weighted by Gasteiger charge is -2.32. The maximum atomic E-state index is 13.7. The first-order valence-electron chi connectivity index (χ1n) is 13.4. The second-order valence-corrected chi connectivity index (χ2v) is 8.98. The molecular weight excluding hydrogens is 514 g/mol. The highest BCUT2D eigenvalue weighted by Gasteiger charge is 2.32. The van der Waals surface area contributed by atoms with Crippen LogP contribution in [0.4, 0.5) is 0 Å². The number of benzene rings is 1. The van der Waals surface area contributed by atoms with Gasteiger partial charge in [-0.3, -0.25) is 4.79 Å². The lowest BCUT2D eigenvalue weighted by Crippen LogP contribution is -2.40. The minimum Gasteiger partial charge on any atom is -0.459 e. The van der Waals surface area contributed by atoms with Crippen molar-refractivity contribution < 1.29 is 52.5 Å². The Bertz CT molecular complexity index is 896. The Labute approximate surface area is 228 Å². The molecule has 12 nitrogen and oxygen atoms in total. The molecule has 0 radical (unpaired) electrons. The van der Waals surface area contributed by atoms with Crippen LogP contribution in [-0.2, 0) is 38.0 Å². The van der Waals surface area contributed by atoms with Crippen molar-refractivity contribution in [3.05, 3.63) is 35.6 Å². The van der Waals surface area contributed by atoms with E-state index in [-0.39, 0.29) is 44.2 Å². The molecule has 0 aliphatic carbocycles. The zero-order valence-corrected chi connectivity index (χ0v) is 22.3. The van der Waals surface area contributed by atoms with E-state index in [9.17, 15) is 4.79 Å². The molecule has 1 saturated heterocycles. The number of amides is 1. The number of fused-ring (bicyclic) bond motifs is 1. The van der Waals surface area contributed by atoms with E-state index < -0.39 is 6.29 Å². The van der Waals surface area contributed by atoms with E-state index in [0.29, 0.717) is 90.5 Å². The zero-order chi connectivity index (χ0) is 27.1. The van der Waals surface area contributed by atoms with Crippen LogP contribution < -0.4 is 9.47 Å². The first kappa shape index (κ1) is 29.5. The van der Waals surface area contributed by atoms with Crippen molar-refractivity contribution >= 4 is 5.91 Å². The third-order valence-corrected chi connectivity index (χ3v) is 6.27. The number of aliphatic hydroxyl groups is 1. The molecule has 1 amide bonds. The van der Waals surface area contributed by atoms with Crippen molar-refractivity contribution in [1.29, 1.82) is 0 Å². The first-order valence-corrected chi connectivity index (χ1v) is 13.4. The van der Waals surface area contributed by atoms with Crippen LogP contribution in [0.2, 0.25) is 0 Å². The highest BCUT2D eigenvalue weighted by atomic mass is 16.7. The van der Waals surface area contributed by atoms with E-state index in [1.165, 1.54) is 0 Å². The fourth-order valence-electron chi connectivity index (χ4n) is 4.27. The number of allylic oxidation sites excluding steroid dienone is 1. The Morgan fingerprint density at radius 3 is 2.23 bits per heavy atom. The fourth-order valence-corrected chi connectivity index (χ4v) is 4.27. The van der Waals surface area contributed by atoms with Gasteiger partial charge in [0.15, 0.2) is 17.3 Å². The van der Waals surface area contributed by atoms with Gasteiger partial charge in [-0.25, -0.2) is 0 Å². The lowest BCUT2D eigenvalue weighted by molar-refractivity contribution is -0.157. The van der Waals surface area contributed by atoms with E-state index in [4.69, 9.17) is 47.7 Å². The molecule has 0 spiro atoms. The zero-order valence-electron chi connectivity index (χ0n) is 22.3. The summed E-state index contributed by atoms with van der Waals surface area (Å²) in [6.45, 7) is 5.14. The third-order valence-electron chi connectivity index (χ3n) is 6.27. The topological polar surface area (TPSA) is 124 Å². The van der Waals surface area contributed by atoms with Gasteiger partial charge in [-0.15, -0.1) is 0 Å². The molecule has 3 heterocycles. The van der Waals surface area contributed by atoms with Crippen LogP contribution in [0.25, 0.3) is 0 Å². The molecule has 3 aliphatic heterocycles. The van der Waals surface area contributed by atoms with Crippen LogP contribution in [0.15, 0.2) is 30.0 Å². The Hall–Kier alpha value is -2.45. The minimum atomic E-state index is -0.660. The van der Waals surface area contributed by atoms with Crippen LogP contribution in [0.5, 0.6) is 11.5 Å². The summed E-state index contributed by atoms with van der Waals surface area (Å²) in [5.74, 6) is 1.14. The molecule has 1 aromatic carbocycles. The lowest BCUT2D eigenvalue weighted by atomic mass is 9.92. The molecule has 0 saturated carbocycles. The van der Waals surface area contributed by atoms with E-state index in [2.05, 4.69) is 0 Å². The van der Waals surface area contributed by atoms with Gasteiger partial charge in [0.25, 0.3) is 5.91 Å². The molecular formula is C27H39NO11. The number of ether oxygens (including phenoxy) is 9. The second kappa shape index (κ2) is 16.6. The van der Waals surface area contributed by atoms with Gasteiger partial charge in [0.05, 0.1) is 79.3 Å². The molecule has 1 fully saturated rings. The maximum Gasteiger partial charge on any atom is 0.288 e. The van der Waals surface area contributed by atoms with Crippen LogP contribution in [0.1, 0.15) is 17.9 Å². The SMILES string of the molecule is O=C(C1=CC(c2ccc3c(c2)OCO3)CC(OCCOCCO)O1)N1CCOCCOCCOCCOCC1.